The van der Waals surface area contributed by atoms with Crippen LogP contribution in [0, 0.1) is 5.41 Å². The molecule has 0 radical (unpaired) electrons. The molecular formula is C13H21N5O. The first-order valence-corrected chi connectivity index (χ1v) is 6.76. The van der Waals surface area contributed by atoms with Crippen LogP contribution in [0.25, 0.3) is 0 Å². The van der Waals surface area contributed by atoms with Gasteiger partial charge in [-0.25, -0.2) is 15.8 Å². The second kappa shape index (κ2) is 5.97. The highest BCUT2D eigenvalue weighted by atomic mass is 16.1. The first-order chi connectivity index (χ1) is 9.19. The molecule has 0 bridgehead atoms. The van der Waals surface area contributed by atoms with Gasteiger partial charge in [0.2, 0.25) is 0 Å². The number of nitrogens with two attached hydrogens (primary N) is 1. The van der Waals surface area contributed by atoms with Crippen molar-refractivity contribution in [2.24, 2.45) is 11.3 Å². The smallest absolute Gasteiger partial charge is 0.271 e. The number of amides is 1. The third-order valence-electron chi connectivity index (χ3n) is 4.07. The normalized spacial score (nSPS) is 17.2. The van der Waals surface area contributed by atoms with Crippen molar-refractivity contribution in [3.63, 3.8) is 0 Å². The lowest BCUT2D eigenvalue weighted by atomic mass is 9.83. The fourth-order valence-electron chi connectivity index (χ4n) is 2.66. The van der Waals surface area contributed by atoms with E-state index >= 15 is 0 Å². The summed E-state index contributed by atoms with van der Waals surface area (Å²) >= 11 is 0. The molecule has 19 heavy (non-hydrogen) atoms. The first kappa shape index (κ1) is 13.7. The number of carbonyl (C=O) groups excluding carboxylic acids is 1. The summed E-state index contributed by atoms with van der Waals surface area (Å²) in [5.41, 5.74) is 2.98. The van der Waals surface area contributed by atoms with Crippen LogP contribution in [-0.2, 0) is 0 Å². The van der Waals surface area contributed by atoms with E-state index in [-0.39, 0.29) is 11.3 Å². The number of hydrogen-bond acceptors (Lipinski definition) is 5. The highest BCUT2D eigenvalue weighted by Crippen LogP contribution is 2.40. The van der Waals surface area contributed by atoms with E-state index in [4.69, 9.17) is 5.84 Å². The van der Waals surface area contributed by atoms with Crippen molar-refractivity contribution < 1.29 is 4.79 Å². The van der Waals surface area contributed by atoms with Crippen molar-refractivity contribution in [3.05, 3.63) is 18.1 Å². The lowest BCUT2D eigenvalue weighted by Gasteiger charge is -2.27. The first-order valence-electron chi connectivity index (χ1n) is 6.76. The van der Waals surface area contributed by atoms with E-state index in [1.807, 2.05) is 0 Å². The van der Waals surface area contributed by atoms with Gasteiger partial charge in [0.1, 0.15) is 5.69 Å². The number of rotatable bonds is 5. The summed E-state index contributed by atoms with van der Waals surface area (Å²) in [6.07, 6.45) is 8.91. The van der Waals surface area contributed by atoms with Crippen molar-refractivity contribution in [1.29, 1.82) is 0 Å². The number of anilines is 1. The highest BCUT2D eigenvalue weighted by Gasteiger charge is 2.32. The number of nitrogens with one attached hydrogen (secondary N) is 2. The van der Waals surface area contributed by atoms with Crippen LogP contribution in [0.3, 0.4) is 0 Å². The second-order valence-electron chi connectivity index (χ2n) is 5.17. The fourth-order valence-corrected chi connectivity index (χ4v) is 2.66. The molecule has 0 saturated heterocycles. The third-order valence-corrected chi connectivity index (χ3v) is 4.07. The van der Waals surface area contributed by atoms with Gasteiger partial charge in [0.15, 0.2) is 5.82 Å². The molecule has 1 fully saturated rings. The highest BCUT2D eigenvalue weighted by molar-refractivity contribution is 5.92. The van der Waals surface area contributed by atoms with Crippen LogP contribution in [0.4, 0.5) is 5.82 Å². The molecular weight excluding hydrogens is 242 g/mol. The van der Waals surface area contributed by atoms with E-state index in [1.165, 1.54) is 38.1 Å². The molecule has 1 amide bonds. The third kappa shape index (κ3) is 3.20. The Morgan fingerprint density at radius 2 is 2.11 bits per heavy atom. The molecule has 1 heterocycles. The lowest BCUT2D eigenvalue weighted by Crippen LogP contribution is -2.36. The SMILES string of the molecule is CCC1(CNC(=O)c2cnc(NN)cn2)CCCC1. The topological polar surface area (TPSA) is 92.9 Å². The van der Waals surface area contributed by atoms with Crippen molar-refractivity contribution >= 4 is 11.7 Å². The van der Waals surface area contributed by atoms with E-state index in [1.54, 1.807) is 0 Å². The Kier molecular flexibility index (Phi) is 4.31. The van der Waals surface area contributed by atoms with Crippen LogP contribution in [0.5, 0.6) is 0 Å². The molecule has 4 N–H and O–H groups in total. The van der Waals surface area contributed by atoms with E-state index in [9.17, 15) is 4.79 Å². The van der Waals surface area contributed by atoms with Crippen LogP contribution in [0.2, 0.25) is 0 Å². The second-order valence-corrected chi connectivity index (χ2v) is 5.17. The molecule has 2 rings (SSSR count). The quantitative estimate of drug-likeness (QED) is 0.552. The van der Waals surface area contributed by atoms with Gasteiger partial charge in [-0.15, -0.1) is 0 Å². The van der Waals surface area contributed by atoms with E-state index in [0.717, 1.165) is 13.0 Å². The van der Waals surface area contributed by atoms with Gasteiger partial charge >= 0.3 is 0 Å². The van der Waals surface area contributed by atoms with E-state index in [0.29, 0.717) is 11.5 Å². The average molecular weight is 263 g/mol. The molecule has 0 atom stereocenters. The predicted octanol–water partition coefficient (Wildman–Crippen LogP) is 1.46. The van der Waals surface area contributed by atoms with Gasteiger partial charge in [-0.1, -0.05) is 19.8 Å². The molecule has 0 aromatic carbocycles. The van der Waals surface area contributed by atoms with Gasteiger partial charge in [-0.3, -0.25) is 4.79 Å². The van der Waals surface area contributed by atoms with Crippen molar-refractivity contribution in [3.8, 4) is 0 Å². The molecule has 1 aromatic heterocycles. The van der Waals surface area contributed by atoms with Gasteiger partial charge in [0.05, 0.1) is 12.4 Å². The Hall–Kier alpha value is -1.69. The number of nitrogens with zero attached hydrogens (tertiary/aromatic N) is 2. The summed E-state index contributed by atoms with van der Waals surface area (Å²) < 4.78 is 0. The summed E-state index contributed by atoms with van der Waals surface area (Å²) in [5, 5.41) is 2.98. The molecule has 104 valence electrons. The zero-order chi connectivity index (χ0) is 13.7. The van der Waals surface area contributed by atoms with Crippen LogP contribution in [-0.4, -0.2) is 22.4 Å². The number of carbonyl (C=O) groups is 1. The number of hydrogen-bond donors (Lipinski definition) is 3. The zero-order valence-electron chi connectivity index (χ0n) is 11.3. The minimum Gasteiger partial charge on any atom is -0.350 e. The van der Waals surface area contributed by atoms with Crippen molar-refractivity contribution in [2.45, 2.75) is 39.0 Å². The van der Waals surface area contributed by atoms with Gasteiger partial charge < -0.3 is 10.7 Å². The largest absolute Gasteiger partial charge is 0.350 e. The van der Waals surface area contributed by atoms with Gasteiger partial charge in [-0.2, -0.15) is 0 Å². The number of hydrazine groups is 1. The maximum atomic E-state index is 12.0. The minimum atomic E-state index is -0.171. The van der Waals surface area contributed by atoms with Crippen LogP contribution in [0.1, 0.15) is 49.5 Å². The molecule has 1 aromatic rings. The van der Waals surface area contributed by atoms with Gasteiger partial charge in [0, 0.05) is 6.54 Å². The Morgan fingerprint density at radius 3 is 2.63 bits per heavy atom. The molecule has 0 aliphatic heterocycles. The molecule has 0 unspecified atom stereocenters. The van der Waals surface area contributed by atoms with E-state index in [2.05, 4.69) is 27.6 Å². The summed E-state index contributed by atoms with van der Waals surface area (Å²) in [4.78, 5) is 20.0. The zero-order valence-corrected chi connectivity index (χ0v) is 11.3. The van der Waals surface area contributed by atoms with Crippen molar-refractivity contribution in [1.82, 2.24) is 15.3 Å². The Balaban J connectivity index is 1.93. The molecule has 1 aliphatic rings. The van der Waals surface area contributed by atoms with Gasteiger partial charge in [-0.05, 0) is 24.7 Å². The van der Waals surface area contributed by atoms with E-state index < -0.39 is 0 Å². The Morgan fingerprint density at radius 1 is 1.37 bits per heavy atom. The number of aromatic nitrogens is 2. The Labute approximate surface area is 113 Å². The van der Waals surface area contributed by atoms with Crippen LogP contribution < -0.4 is 16.6 Å². The molecule has 1 saturated carbocycles. The van der Waals surface area contributed by atoms with Gasteiger partial charge in [0.25, 0.3) is 5.91 Å². The Bertz CT molecular complexity index is 425. The average Bonchev–Trinajstić information content (AvgIpc) is 2.94. The fraction of sp³-hybridized carbons (Fsp3) is 0.615. The summed E-state index contributed by atoms with van der Waals surface area (Å²) in [6, 6.07) is 0. The van der Waals surface area contributed by atoms with Crippen LogP contribution in [0.15, 0.2) is 12.4 Å². The monoisotopic (exact) mass is 263 g/mol. The maximum absolute atomic E-state index is 12.0. The molecule has 0 spiro atoms. The maximum Gasteiger partial charge on any atom is 0.271 e. The predicted molar refractivity (Wildman–Crippen MR) is 73.4 cm³/mol. The summed E-state index contributed by atoms with van der Waals surface area (Å²) in [7, 11) is 0. The standard InChI is InChI=1S/C13H21N5O/c1-2-13(5-3-4-6-13)9-17-12(19)10-7-16-11(18-14)8-15-10/h7-8H,2-6,9,14H2,1H3,(H,16,18)(H,17,19). The molecule has 6 heteroatoms. The molecule has 6 nitrogen and oxygen atoms in total. The number of nitrogen functional groups attached to an aromatic ring is 1. The minimum absolute atomic E-state index is 0.171. The van der Waals surface area contributed by atoms with Crippen molar-refractivity contribution in [2.75, 3.05) is 12.0 Å². The lowest BCUT2D eigenvalue weighted by molar-refractivity contribution is 0.0923. The summed E-state index contributed by atoms with van der Waals surface area (Å²) in [5.74, 6) is 5.47. The molecule has 1 aliphatic carbocycles. The summed E-state index contributed by atoms with van der Waals surface area (Å²) in [6.45, 7) is 2.92. The van der Waals surface area contributed by atoms with Crippen LogP contribution >= 0.6 is 0 Å².